The van der Waals surface area contributed by atoms with Crippen molar-refractivity contribution in [2.45, 2.75) is 19.0 Å². The Kier molecular flexibility index (Phi) is 4.32. The van der Waals surface area contributed by atoms with Crippen LogP contribution in [-0.4, -0.2) is 21.6 Å². The fraction of sp³-hybridized carbons (Fsp3) is 0.182. The Hall–Kier alpha value is -2.76. The monoisotopic (exact) mass is 373 g/mol. The summed E-state index contributed by atoms with van der Waals surface area (Å²) in [7, 11) is 0. The fourth-order valence-electron chi connectivity index (χ4n) is 3.79. The molecule has 1 aliphatic heterocycles. The standard InChI is InChI=1S/C22H19N3OS/c1-2-6-16(7-3-1)20-13-25(12-17-8-4-5-9-19(17)20)14-21-23-22(24-26-21)18-10-11-27-15-18/h1-11,15,20H,12-14H2. The van der Waals surface area contributed by atoms with E-state index in [1.165, 1.54) is 16.7 Å². The van der Waals surface area contributed by atoms with Crippen LogP contribution in [-0.2, 0) is 13.1 Å². The number of hydrogen-bond acceptors (Lipinski definition) is 5. The van der Waals surface area contributed by atoms with Gasteiger partial charge >= 0.3 is 0 Å². The van der Waals surface area contributed by atoms with Crippen LogP contribution in [0.4, 0.5) is 0 Å². The quantitative estimate of drug-likeness (QED) is 0.508. The maximum Gasteiger partial charge on any atom is 0.241 e. The first kappa shape index (κ1) is 16.4. The van der Waals surface area contributed by atoms with E-state index < -0.39 is 0 Å². The second-order valence-corrected chi connectivity index (χ2v) is 7.64. The first-order valence-corrected chi connectivity index (χ1v) is 10.0. The van der Waals surface area contributed by atoms with Crippen molar-refractivity contribution in [1.29, 1.82) is 0 Å². The van der Waals surface area contributed by atoms with Crippen molar-refractivity contribution in [2.24, 2.45) is 0 Å². The molecule has 0 spiro atoms. The lowest BCUT2D eigenvalue weighted by Crippen LogP contribution is -2.33. The van der Waals surface area contributed by atoms with Crippen LogP contribution in [0.1, 0.15) is 28.5 Å². The van der Waals surface area contributed by atoms with Crippen molar-refractivity contribution < 1.29 is 4.52 Å². The largest absolute Gasteiger partial charge is 0.338 e. The third kappa shape index (κ3) is 3.31. The predicted octanol–water partition coefficient (Wildman–Crippen LogP) is 4.95. The zero-order valence-corrected chi connectivity index (χ0v) is 15.6. The number of hydrogen-bond donors (Lipinski definition) is 0. The Morgan fingerprint density at radius 2 is 1.89 bits per heavy atom. The van der Waals surface area contributed by atoms with Gasteiger partial charge in [-0.15, -0.1) is 0 Å². The van der Waals surface area contributed by atoms with Gasteiger partial charge in [-0.3, -0.25) is 4.90 Å². The molecule has 0 fully saturated rings. The molecule has 134 valence electrons. The maximum atomic E-state index is 5.52. The van der Waals surface area contributed by atoms with Crippen molar-refractivity contribution in [3.05, 3.63) is 94.0 Å². The predicted molar refractivity (Wildman–Crippen MR) is 106 cm³/mol. The Balaban J connectivity index is 1.41. The van der Waals surface area contributed by atoms with Crippen LogP contribution < -0.4 is 0 Å². The molecule has 4 aromatic rings. The summed E-state index contributed by atoms with van der Waals surface area (Å²) in [4.78, 5) is 6.98. The summed E-state index contributed by atoms with van der Waals surface area (Å²) in [6.45, 7) is 2.50. The SMILES string of the molecule is c1ccc(C2CN(Cc3nc(-c4ccsc4)no3)Cc3ccccc32)cc1. The highest BCUT2D eigenvalue weighted by Crippen LogP contribution is 2.34. The minimum Gasteiger partial charge on any atom is -0.338 e. The molecule has 27 heavy (non-hydrogen) atoms. The molecule has 1 aliphatic rings. The summed E-state index contributed by atoms with van der Waals surface area (Å²) in [5.41, 5.74) is 5.15. The molecule has 4 nitrogen and oxygen atoms in total. The molecule has 2 aromatic carbocycles. The van der Waals surface area contributed by atoms with Crippen LogP contribution in [0.3, 0.4) is 0 Å². The van der Waals surface area contributed by atoms with Gasteiger partial charge in [0.05, 0.1) is 6.54 Å². The van der Waals surface area contributed by atoms with Gasteiger partial charge in [0.2, 0.25) is 11.7 Å². The van der Waals surface area contributed by atoms with Gasteiger partial charge in [-0.1, -0.05) is 59.8 Å². The normalized spacial score (nSPS) is 17.0. The van der Waals surface area contributed by atoms with Crippen LogP contribution in [0.5, 0.6) is 0 Å². The lowest BCUT2D eigenvalue weighted by atomic mass is 9.85. The Morgan fingerprint density at radius 1 is 1.04 bits per heavy atom. The highest BCUT2D eigenvalue weighted by atomic mass is 32.1. The van der Waals surface area contributed by atoms with Gasteiger partial charge in [-0.05, 0) is 28.1 Å². The first-order valence-electron chi connectivity index (χ1n) is 9.07. The Morgan fingerprint density at radius 3 is 2.74 bits per heavy atom. The Labute approximate surface area is 162 Å². The summed E-state index contributed by atoms with van der Waals surface area (Å²) < 4.78 is 5.52. The summed E-state index contributed by atoms with van der Waals surface area (Å²) in [5, 5.41) is 8.20. The van der Waals surface area contributed by atoms with Gasteiger partial charge in [0, 0.05) is 30.0 Å². The second kappa shape index (κ2) is 7.10. The number of benzene rings is 2. The smallest absolute Gasteiger partial charge is 0.241 e. The second-order valence-electron chi connectivity index (χ2n) is 6.86. The van der Waals surface area contributed by atoms with Crippen molar-refractivity contribution in [2.75, 3.05) is 6.54 Å². The van der Waals surface area contributed by atoms with Crippen LogP contribution in [0.15, 0.2) is 75.9 Å². The van der Waals surface area contributed by atoms with Gasteiger partial charge in [-0.25, -0.2) is 0 Å². The maximum absolute atomic E-state index is 5.52. The number of nitrogens with zero attached hydrogens (tertiary/aromatic N) is 3. The van der Waals surface area contributed by atoms with E-state index in [0.29, 0.717) is 24.2 Å². The van der Waals surface area contributed by atoms with Crippen molar-refractivity contribution in [1.82, 2.24) is 15.0 Å². The lowest BCUT2D eigenvalue weighted by Gasteiger charge is -2.34. The van der Waals surface area contributed by atoms with E-state index in [-0.39, 0.29) is 0 Å². The van der Waals surface area contributed by atoms with Crippen LogP contribution in [0.2, 0.25) is 0 Å². The molecule has 0 bridgehead atoms. The average molecular weight is 373 g/mol. The van der Waals surface area contributed by atoms with Gasteiger partial charge in [0.15, 0.2) is 0 Å². The molecule has 0 radical (unpaired) electrons. The number of thiophene rings is 1. The topological polar surface area (TPSA) is 42.2 Å². The zero-order chi connectivity index (χ0) is 18.1. The minimum atomic E-state index is 0.357. The van der Waals surface area contributed by atoms with E-state index >= 15 is 0 Å². The lowest BCUT2D eigenvalue weighted by molar-refractivity contribution is 0.200. The van der Waals surface area contributed by atoms with E-state index in [4.69, 9.17) is 4.52 Å². The average Bonchev–Trinajstić information content (AvgIpc) is 3.40. The minimum absolute atomic E-state index is 0.357. The van der Waals surface area contributed by atoms with Crippen molar-refractivity contribution in [3.63, 3.8) is 0 Å². The highest BCUT2D eigenvalue weighted by Gasteiger charge is 2.27. The first-order chi connectivity index (χ1) is 13.4. The zero-order valence-electron chi connectivity index (χ0n) is 14.8. The molecule has 0 N–H and O–H groups in total. The van der Waals surface area contributed by atoms with Gasteiger partial charge < -0.3 is 4.52 Å². The molecular weight excluding hydrogens is 354 g/mol. The molecule has 1 unspecified atom stereocenters. The third-order valence-corrected chi connectivity index (χ3v) is 5.76. The third-order valence-electron chi connectivity index (χ3n) is 5.07. The van der Waals surface area contributed by atoms with Crippen LogP contribution >= 0.6 is 11.3 Å². The summed E-state index contributed by atoms with van der Waals surface area (Å²) >= 11 is 1.64. The van der Waals surface area contributed by atoms with Gasteiger partial charge in [-0.2, -0.15) is 16.3 Å². The van der Waals surface area contributed by atoms with E-state index in [2.05, 4.69) is 69.6 Å². The summed E-state index contributed by atoms with van der Waals surface area (Å²) in [5.74, 6) is 1.70. The molecule has 5 rings (SSSR count). The van der Waals surface area contributed by atoms with E-state index in [0.717, 1.165) is 18.7 Å². The number of rotatable bonds is 4. The van der Waals surface area contributed by atoms with Crippen molar-refractivity contribution >= 4 is 11.3 Å². The van der Waals surface area contributed by atoms with E-state index in [1.54, 1.807) is 11.3 Å². The van der Waals surface area contributed by atoms with Gasteiger partial charge in [0.1, 0.15) is 0 Å². The van der Waals surface area contributed by atoms with Crippen LogP contribution in [0, 0.1) is 0 Å². The Bertz CT molecular complexity index is 1030. The molecule has 5 heteroatoms. The molecule has 2 aromatic heterocycles. The molecule has 3 heterocycles. The highest BCUT2D eigenvalue weighted by molar-refractivity contribution is 7.08. The van der Waals surface area contributed by atoms with Crippen molar-refractivity contribution in [3.8, 4) is 11.4 Å². The van der Waals surface area contributed by atoms with E-state index in [9.17, 15) is 0 Å². The number of aromatic nitrogens is 2. The molecule has 1 atom stereocenters. The molecule has 0 saturated heterocycles. The van der Waals surface area contributed by atoms with Gasteiger partial charge in [0.25, 0.3) is 0 Å². The molecule has 0 amide bonds. The number of fused-ring (bicyclic) bond motifs is 1. The molecule has 0 saturated carbocycles. The summed E-state index contributed by atoms with van der Waals surface area (Å²) in [6.07, 6.45) is 0. The summed E-state index contributed by atoms with van der Waals surface area (Å²) in [6, 6.07) is 21.5. The molecule has 0 aliphatic carbocycles. The van der Waals surface area contributed by atoms with Crippen LogP contribution in [0.25, 0.3) is 11.4 Å². The van der Waals surface area contributed by atoms with E-state index in [1.807, 2.05) is 16.8 Å². The molecular formula is C22H19N3OS. The fourth-order valence-corrected chi connectivity index (χ4v) is 4.42.